The summed E-state index contributed by atoms with van der Waals surface area (Å²) >= 11 is 5.13. The van der Waals surface area contributed by atoms with Gasteiger partial charge < -0.3 is 10.6 Å². The minimum absolute atomic E-state index is 0.431. The molecule has 0 bridgehead atoms. The first-order chi connectivity index (χ1) is 9.08. The molecule has 0 aliphatic rings. The van der Waals surface area contributed by atoms with Crippen molar-refractivity contribution >= 4 is 22.9 Å². The zero-order valence-electron chi connectivity index (χ0n) is 11.1. The molecule has 2 rings (SSSR count). The molecule has 2 N–H and O–H groups in total. The summed E-state index contributed by atoms with van der Waals surface area (Å²) in [5, 5.41) is 0. The average molecular weight is 271 g/mol. The minimum atomic E-state index is 0.431. The second-order valence-corrected chi connectivity index (χ2v) is 5.04. The van der Waals surface area contributed by atoms with E-state index in [0.717, 1.165) is 23.4 Å². The highest BCUT2D eigenvalue weighted by molar-refractivity contribution is 7.80. The van der Waals surface area contributed by atoms with Crippen molar-refractivity contribution in [1.82, 2.24) is 4.98 Å². The number of hydrogen-bond donors (Lipinski definition) is 1. The molecule has 1 aromatic heterocycles. The third kappa shape index (κ3) is 3.29. The fourth-order valence-electron chi connectivity index (χ4n) is 2.03. The van der Waals surface area contributed by atoms with Gasteiger partial charge >= 0.3 is 0 Å². The van der Waals surface area contributed by atoms with Gasteiger partial charge in [0.2, 0.25) is 0 Å². The molecule has 0 atom stereocenters. The lowest BCUT2D eigenvalue weighted by atomic mass is 10.1. The lowest BCUT2D eigenvalue weighted by Gasteiger charge is -2.22. The number of pyridine rings is 1. The van der Waals surface area contributed by atoms with Gasteiger partial charge in [0.05, 0.1) is 0 Å². The third-order valence-electron chi connectivity index (χ3n) is 3.00. The highest BCUT2D eigenvalue weighted by atomic mass is 32.1. The van der Waals surface area contributed by atoms with Crippen LogP contribution in [0.5, 0.6) is 0 Å². The van der Waals surface area contributed by atoms with Crippen LogP contribution < -0.4 is 10.6 Å². The van der Waals surface area contributed by atoms with E-state index in [2.05, 4.69) is 22.0 Å². The quantitative estimate of drug-likeness (QED) is 0.868. The summed E-state index contributed by atoms with van der Waals surface area (Å²) in [5.74, 6) is 0. The Balaban J connectivity index is 2.28. The molecule has 19 heavy (non-hydrogen) atoms. The Labute approximate surface area is 119 Å². The molecule has 0 saturated carbocycles. The first-order valence-electron chi connectivity index (χ1n) is 6.08. The van der Waals surface area contributed by atoms with E-state index in [1.165, 1.54) is 5.56 Å². The zero-order chi connectivity index (χ0) is 13.8. The molecule has 0 radical (unpaired) electrons. The molecule has 0 spiro atoms. The molecule has 0 fully saturated rings. The lowest BCUT2D eigenvalue weighted by molar-refractivity contribution is 0.918. The zero-order valence-corrected chi connectivity index (χ0v) is 11.9. The number of aryl methyl sites for hydroxylation is 1. The van der Waals surface area contributed by atoms with E-state index in [-0.39, 0.29) is 0 Å². The Morgan fingerprint density at radius 2 is 1.95 bits per heavy atom. The van der Waals surface area contributed by atoms with Crippen molar-refractivity contribution in [2.24, 2.45) is 5.73 Å². The molecule has 0 aliphatic heterocycles. The van der Waals surface area contributed by atoms with Crippen LogP contribution in [0.2, 0.25) is 0 Å². The minimum Gasteiger partial charge on any atom is -0.389 e. The number of hydrogen-bond acceptors (Lipinski definition) is 3. The van der Waals surface area contributed by atoms with Crippen LogP contribution in [0.1, 0.15) is 16.7 Å². The molecule has 0 aliphatic carbocycles. The molecule has 2 aromatic rings. The van der Waals surface area contributed by atoms with Crippen molar-refractivity contribution in [3.8, 4) is 0 Å². The number of nitrogens with two attached hydrogens (primary N) is 1. The van der Waals surface area contributed by atoms with Crippen LogP contribution in [0.25, 0.3) is 0 Å². The molecule has 1 heterocycles. The molecule has 3 nitrogen and oxygen atoms in total. The van der Waals surface area contributed by atoms with Gasteiger partial charge in [0.15, 0.2) is 0 Å². The van der Waals surface area contributed by atoms with Gasteiger partial charge in [-0.05, 0) is 36.8 Å². The van der Waals surface area contributed by atoms with Gasteiger partial charge in [0, 0.05) is 37.2 Å². The fraction of sp³-hybridized carbons (Fsp3) is 0.200. The van der Waals surface area contributed by atoms with Crippen LogP contribution in [0.3, 0.4) is 0 Å². The van der Waals surface area contributed by atoms with Crippen LogP contribution >= 0.6 is 12.2 Å². The van der Waals surface area contributed by atoms with E-state index >= 15 is 0 Å². The summed E-state index contributed by atoms with van der Waals surface area (Å²) < 4.78 is 0. The van der Waals surface area contributed by atoms with Crippen LogP contribution in [-0.2, 0) is 6.54 Å². The number of benzene rings is 1. The van der Waals surface area contributed by atoms with Gasteiger partial charge in [0.1, 0.15) is 4.99 Å². The Bertz CT molecular complexity index is 581. The van der Waals surface area contributed by atoms with Gasteiger partial charge in [-0.3, -0.25) is 4.98 Å². The summed E-state index contributed by atoms with van der Waals surface area (Å²) in [4.78, 5) is 6.60. The van der Waals surface area contributed by atoms with Gasteiger partial charge in [-0.15, -0.1) is 0 Å². The van der Waals surface area contributed by atoms with Crippen molar-refractivity contribution in [3.05, 3.63) is 59.4 Å². The number of aromatic nitrogens is 1. The van der Waals surface area contributed by atoms with E-state index in [0.29, 0.717) is 4.99 Å². The maximum atomic E-state index is 5.81. The highest BCUT2D eigenvalue weighted by Gasteiger charge is 2.10. The molecule has 1 aromatic carbocycles. The topological polar surface area (TPSA) is 42.2 Å². The largest absolute Gasteiger partial charge is 0.389 e. The third-order valence-corrected chi connectivity index (χ3v) is 3.22. The second kappa shape index (κ2) is 5.80. The van der Waals surface area contributed by atoms with E-state index in [1.807, 2.05) is 32.2 Å². The molecule has 0 unspecified atom stereocenters. The number of nitrogens with zero attached hydrogens (tertiary/aromatic N) is 2. The van der Waals surface area contributed by atoms with Gasteiger partial charge in [0.25, 0.3) is 0 Å². The van der Waals surface area contributed by atoms with Crippen molar-refractivity contribution in [3.63, 3.8) is 0 Å². The maximum Gasteiger partial charge on any atom is 0.106 e. The first kappa shape index (κ1) is 13.5. The smallest absolute Gasteiger partial charge is 0.106 e. The van der Waals surface area contributed by atoms with Crippen molar-refractivity contribution in [1.29, 1.82) is 0 Å². The van der Waals surface area contributed by atoms with E-state index in [4.69, 9.17) is 18.0 Å². The monoisotopic (exact) mass is 271 g/mol. The number of rotatable bonds is 4. The molecule has 4 heteroatoms. The fourth-order valence-corrected chi connectivity index (χ4v) is 2.19. The van der Waals surface area contributed by atoms with E-state index in [9.17, 15) is 0 Å². The maximum absolute atomic E-state index is 5.81. The van der Waals surface area contributed by atoms with Gasteiger partial charge in [-0.2, -0.15) is 0 Å². The summed E-state index contributed by atoms with van der Waals surface area (Å²) in [6.07, 6.45) is 3.60. The first-order valence-corrected chi connectivity index (χ1v) is 6.49. The van der Waals surface area contributed by atoms with E-state index < -0.39 is 0 Å². The number of anilines is 1. The molecule has 0 saturated heterocycles. The normalized spacial score (nSPS) is 10.2. The lowest BCUT2D eigenvalue weighted by Crippen LogP contribution is -2.21. The predicted octanol–water partition coefficient (Wildman–Crippen LogP) is 2.66. The summed E-state index contributed by atoms with van der Waals surface area (Å²) in [7, 11) is 2.03. The van der Waals surface area contributed by atoms with Crippen LogP contribution in [0.4, 0.5) is 5.69 Å². The summed E-state index contributed by atoms with van der Waals surface area (Å²) in [6.45, 7) is 2.83. The SMILES string of the molecule is Cc1ccc(N(C)Cc2ccncc2)c(C(N)=S)c1. The van der Waals surface area contributed by atoms with Crippen molar-refractivity contribution in [2.75, 3.05) is 11.9 Å². The average Bonchev–Trinajstić information content (AvgIpc) is 2.39. The second-order valence-electron chi connectivity index (χ2n) is 4.60. The number of thiocarbonyl (C=S) groups is 1. The Morgan fingerprint density at radius 1 is 1.26 bits per heavy atom. The molecule has 0 amide bonds. The summed E-state index contributed by atoms with van der Waals surface area (Å²) in [5.41, 5.74) is 10.1. The van der Waals surface area contributed by atoms with Crippen LogP contribution in [0.15, 0.2) is 42.7 Å². The Morgan fingerprint density at radius 3 is 2.58 bits per heavy atom. The molecule has 98 valence electrons. The van der Waals surface area contributed by atoms with Gasteiger partial charge in [-0.25, -0.2) is 0 Å². The van der Waals surface area contributed by atoms with Gasteiger partial charge in [-0.1, -0.05) is 23.8 Å². The molecular weight excluding hydrogens is 254 g/mol. The van der Waals surface area contributed by atoms with Crippen LogP contribution in [-0.4, -0.2) is 17.0 Å². The standard InChI is InChI=1S/C15H17N3S/c1-11-3-4-14(13(9-11)15(16)19)18(2)10-12-5-7-17-8-6-12/h3-9H,10H2,1-2H3,(H2,16,19). The van der Waals surface area contributed by atoms with Crippen molar-refractivity contribution < 1.29 is 0 Å². The Hall–Kier alpha value is -1.94. The Kier molecular flexibility index (Phi) is 4.12. The van der Waals surface area contributed by atoms with Crippen molar-refractivity contribution in [2.45, 2.75) is 13.5 Å². The predicted molar refractivity (Wildman–Crippen MR) is 83.4 cm³/mol. The summed E-state index contributed by atoms with van der Waals surface area (Å²) in [6, 6.07) is 10.2. The van der Waals surface area contributed by atoms with E-state index in [1.54, 1.807) is 12.4 Å². The molecular formula is C15H17N3S. The highest BCUT2D eigenvalue weighted by Crippen LogP contribution is 2.22. The van der Waals surface area contributed by atoms with Crippen LogP contribution in [0, 0.1) is 6.92 Å².